The van der Waals surface area contributed by atoms with E-state index in [0.29, 0.717) is 12.8 Å². The summed E-state index contributed by atoms with van der Waals surface area (Å²) in [4.78, 5) is 17.5. The fraction of sp³-hybridized carbons (Fsp3) is 0.636. The zero-order valence-corrected chi connectivity index (χ0v) is 18.4. The number of methoxy groups -OCH3 is 1. The number of nitrogens with one attached hydrogen (secondary N) is 1. The molecule has 8 heteroatoms. The number of likely N-dealkylation sites (tertiary alicyclic amines) is 1. The molecule has 1 aromatic rings. The third-order valence-corrected chi connectivity index (χ3v) is 6.20. The van der Waals surface area contributed by atoms with Crippen LogP contribution in [-0.2, 0) is 10.3 Å². The van der Waals surface area contributed by atoms with Gasteiger partial charge in [0.2, 0.25) is 5.91 Å². The number of rotatable bonds is 8. The van der Waals surface area contributed by atoms with Gasteiger partial charge in [0.25, 0.3) is 5.54 Å². The van der Waals surface area contributed by atoms with Gasteiger partial charge in [-0.25, -0.2) is 12.1 Å². The minimum absolute atomic E-state index is 0. The number of halogens is 1. The molecule has 0 spiro atoms. The molecule has 1 aliphatic carbocycles. The fourth-order valence-corrected chi connectivity index (χ4v) is 4.37. The van der Waals surface area contributed by atoms with Crippen LogP contribution in [0.25, 0.3) is 4.85 Å². The molecule has 0 bridgehead atoms. The van der Waals surface area contributed by atoms with Gasteiger partial charge in [0, 0.05) is 37.9 Å². The van der Waals surface area contributed by atoms with Crippen LogP contribution < -0.4 is 15.0 Å². The third-order valence-electron chi connectivity index (χ3n) is 6.20. The van der Waals surface area contributed by atoms with Crippen LogP contribution >= 0.6 is 12.4 Å². The van der Waals surface area contributed by atoms with E-state index in [9.17, 15) is 4.79 Å². The van der Waals surface area contributed by atoms with E-state index in [1.54, 1.807) is 12.6 Å². The van der Waals surface area contributed by atoms with Crippen LogP contribution in [0, 0.1) is 6.57 Å². The van der Waals surface area contributed by atoms with E-state index in [-0.39, 0.29) is 24.4 Å². The summed E-state index contributed by atoms with van der Waals surface area (Å²) in [6.45, 7) is 10.3. The summed E-state index contributed by atoms with van der Waals surface area (Å²) in [5.41, 5.74) is 2.13. The molecule has 166 valence electrons. The summed E-state index contributed by atoms with van der Waals surface area (Å²) in [5.74, 6) is 1.11. The van der Waals surface area contributed by atoms with Gasteiger partial charge in [-0.1, -0.05) is 0 Å². The van der Waals surface area contributed by atoms with Crippen LogP contribution in [-0.4, -0.2) is 48.9 Å². The first kappa shape index (κ1) is 24.3. The maximum Gasteiger partial charge on any atom is 0.260 e. The second-order valence-corrected chi connectivity index (χ2v) is 8.01. The Balaban J connectivity index is 0.00000320. The molecule has 2 aliphatic rings. The molecule has 1 heterocycles. The molecule has 30 heavy (non-hydrogen) atoms. The number of amides is 1. The Kier molecular flexibility index (Phi) is 9.22. The number of hydrogen-bond acceptors (Lipinski definition) is 5. The van der Waals surface area contributed by atoms with Crippen molar-refractivity contribution in [3.8, 4) is 11.5 Å². The lowest BCUT2D eigenvalue weighted by Gasteiger charge is -2.34. The van der Waals surface area contributed by atoms with Crippen molar-refractivity contribution < 1.29 is 19.5 Å². The van der Waals surface area contributed by atoms with Crippen molar-refractivity contribution in [2.75, 3.05) is 26.7 Å². The predicted molar refractivity (Wildman–Crippen MR) is 116 cm³/mol. The van der Waals surface area contributed by atoms with E-state index < -0.39 is 5.54 Å². The summed E-state index contributed by atoms with van der Waals surface area (Å²) in [6, 6.07) is 5.93. The zero-order valence-electron chi connectivity index (χ0n) is 17.6. The Bertz CT molecular complexity index is 738. The summed E-state index contributed by atoms with van der Waals surface area (Å²) in [5, 5.41) is 8.58. The van der Waals surface area contributed by atoms with E-state index in [4.69, 9.17) is 21.3 Å². The lowest BCUT2D eigenvalue weighted by molar-refractivity contribution is -0.129. The molecule has 2 N–H and O–H groups in total. The highest BCUT2D eigenvalue weighted by Crippen LogP contribution is 2.41. The number of hydrogen-bond donors (Lipinski definition) is 2. The van der Waals surface area contributed by atoms with Crippen molar-refractivity contribution >= 4 is 18.3 Å². The first-order valence-corrected chi connectivity index (χ1v) is 10.5. The van der Waals surface area contributed by atoms with Crippen LogP contribution in [0.2, 0.25) is 0 Å². The van der Waals surface area contributed by atoms with Gasteiger partial charge in [0.15, 0.2) is 11.5 Å². The number of hydroxylamine groups is 1. The molecule has 7 nitrogen and oxygen atoms in total. The SMILES string of the molecule is Cl.[C-]#[N+]C1(c2ccc(OC)c(OC3CCCC3)c2)CCN(CCCC(=O)NO)CC1. The number of carbonyl (C=O) groups is 1. The minimum Gasteiger partial charge on any atom is -0.493 e. The predicted octanol–water partition coefficient (Wildman–Crippen LogP) is 3.93. The Labute approximate surface area is 184 Å². The van der Waals surface area contributed by atoms with Crippen LogP contribution in [0.4, 0.5) is 0 Å². The molecule has 0 radical (unpaired) electrons. The average Bonchev–Trinajstić information content (AvgIpc) is 3.27. The van der Waals surface area contributed by atoms with Gasteiger partial charge < -0.3 is 19.2 Å². The highest BCUT2D eigenvalue weighted by molar-refractivity contribution is 5.85. The number of ether oxygens (including phenoxy) is 2. The standard InChI is InChI=1S/C22H31N3O4.ClH/c1-23-22(11-14-25(15-12-22)13-5-8-21(26)24-27)17-9-10-19(28-2)20(16-17)29-18-6-3-4-7-18;/h9-10,16,18,27H,3-8,11-15H2,2H3,(H,24,26);1H. The van der Waals surface area contributed by atoms with Crippen LogP contribution in [0.15, 0.2) is 18.2 Å². The quantitative estimate of drug-likeness (QED) is 0.366. The lowest BCUT2D eigenvalue weighted by Crippen LogP contribution is -2.41. The first-order chi connectivity index (χ1) is 14.1. The van der Waals surface area contributed by atoms with Crippen molar-refractivity contribution in [3.63, 3.8) is 0 Å². The maximum absolute atomic E-state index is 11.2. The minimum atomic E-state index is -0.543. The molecule has 0 unspecified atom stereocenters. The molecule has 1 amide bonds. The molecule has 2 fully saturated rings. The number of carbonyl (C=O) groups excluding carboxylic acids is 1. The smallest absolute Gasteiger partial charge is 0.260 e. The molecule has 1 aromatic carbocycles. The topological polar surface area (TPSA) is 75.4 Å². The van der Waals surface area contributed by atoms with Gasteiger partial charge in [0.05, 0.1) is 13.2 Å². The van der Waals surface area contributed by atoms with Gasteiger partial charge in [-0.05, 0) is 56.8 Å². The Morgan fingerprint density at radius 3 is 2.60 bits per heavy atom. The van der Waals surface area contributed by atoms with E-state index in [1.807, 2.05) is 18.2 Å². The first-order valence-electron chi connectivity index (χ1n) is 10.5. The second-order valence-electron chi connectivity index (χ2n) is 8.01. The van der Waals surface area contributed by atoms with E-state index in [1.165, 1.54) is 12.8 Å². The maximum atomic E-state index is 11.2. The molecule has 1 saturated carbocycles. The number of piperidine rings is 1. The van der Waals surface area contributed by atoms with E-state index in [2.05, 4.69) is 9.74 Å². The molecular formula is C22H32ClN3O4. The van der Waals surface area contributed by atoms with Crippen molar-refractivity contribution in [1.29, 1.82) is 0 Å². The van der Waals surface area contributed by atoms with Crippen LogP contribution in [0.1, 0.15) is 56.9 Å². The van der Waals surface area contributed by atoms with Crippen LogP contribution in [0.5, 0.6) is 11.5 Å². The molecule has 0 atom stereocenters. The summed E-state index contributed by atoms with van der Waals surface area (Å²) in [7, 11) is 1.65. The Morgan fingerprint density at radius 2 is 2.00 bits per heavy atom. The molecule has 1 aliphatic heterocycles. The van der Waals surface area contributed by atoms with Crippen LogP contribution in [0.3, 0.4) is 0 Å². The summed E-state index contributed by atoms with van der Waals surface area (Å²) >= 11 is 0. The van der Waals surface area contributed by atoms with Crippen molar-refractivity contribution in [3.05, 3.63) is 35.2 Å². The molecule has 0 aromatic heterocycles. The Morgan fingerprint density at radius 1 is 1.30 bits per heavy atom. The van der Waals surface area contributed by atoms with Gasteiger partial charge in [0.1, 0.15) is 0 Å². The van der Waals surface area contributed by atoms with Crippen molar-refractivity contribution in [2.24, 2.45) is 0 Å². The second kappa shape index (κ2) is 11.4. The zero-order chi connectivity index (χ0) is 20.7. The molecule has 1 saturated heterocycles. The average molecular weight is 438 g/mol. The van der Waals surface area contributed by atoms with Gasteiger partial charge in [-0.3, -0.25) is 10.0 Å². The third kappa shape index (κ3) is 5.78. The largest absolute Gasteiger partial charge is 0.493 e. The van der Waals surface area contributed by atoms with E-state index >= 15 is 0 Å². The van der Waals surface area contributed by atoms with E-state index in [0.717, 1.165) is 62.4 Å². The van der Waals surface area contributed by atoms with Crippen molar-refractivity contribution in [1.82, 2.24) is 10.4 Å². The van der Waals surface area contributed by atoms with Gasteiger partial charge in [-0.2, -0.15) is 0 Å². The van der Waals surface area contributed by atoms with Gasteiger partial charge in [-0.15, -0.1) is 12.4 Å². The fourth-order valence-electron chi connectivity index (χ4n) is 4.37. The summed E-state index contributed by atoms with van der Waals surface area (Å²) < 4.78 is 11.7. The van der Waals surface area contributed by atoms with Crippen molar-refractivity contribution in [2.45, 2.75) is 63.0 Å². The normalized spacial score (nSPS) is 18.8. The Hall–Kier alpha value is -2.01. The monoisotopic (exact) mass is 437 g/mol. The number of benzene rings is 1. The number of nitrogens with zero attached hydrogens (tertiary/aromatic N) is 2. The highest BCUT2D eigenvalue weighted by Gasteiger charge is 2.42. The molecule has 3 rings (SSSR count). The summed E-state index contributed by atoms with van der Waals surface area (Å²) in [6.07, 6.45) is 7.29. The molecular weight excluding hydrogens is 406 g/mol. The highest BCUT2D eigenvalue weighted by atomic mass is 35.5. The van der Waals surface area contributed by atoms with Gasteiger partial charge >= 0.3 is 0 Å². The lowest BCUT2D eigenvalue weighted by atomic mass is 9.81.